The molecule has 1 aliphatic rings. The van der Waals surface area contributed by atoms with Crippen LogP contribution in [0.25, 0.3) is 16.7 Å². The van der Waals surface area contributed by atoms with Crippen LogP contribution in [0.15, 0.2) is 54.6 Å². The molecule has 29 heavy (non-hydrogen) atoms. The SMILES string of the molecule is O=C(O)CC1COCCN1C(=O)CCc1nc2ccccc2n1-c1ccccc1. The van der Waals surface area contributed by atoms with Crippen molar-refractivity contribution in [2.45, 2.75) is 25.3 Å². The number of amides is 1. The topological polar surface area (TPSA) is 84.7 Å². The number of hydrogen-bond donors (Lipinski definition) is 1. The number of fused-ring (bicyclic) bond motifs is 1. The maximum Gasteiger partial charge on any atom is 0.305 e. The Hall–Kier alpha value is -3.19. The van der Waals surface area contributed by atoms with Crippen molar-refractivity contribution < 1.29 is 19.4 Å². The summed E-state index contributed by atoms with van der Waals surface area (Å²) in [6.45, 7) is 1.12. The summed E-state index contributed by atoms with van der Waals surface area (Å²) in [5, 5.41) is 9.11. The molecule has 1 unspecified atom stereocenters. The van der Waals surface area contributed by atoms with Gasteiger partial charge in [0.2, 0.25) is 5.91 Å². The van der Waals surface area contributed by atoms with Gasteiger partial charge in [-0.2, -0.15) is 0 Å². The zero-order valence-electron chi connectivity index (χ0n) is 16.0. The second kappa shape index (κ2) is 8.45. The van der Waals surface area contributed by atoms with Crippen molar-refractivity contribution in [1.82, 2.24) is 14.5 Å². The van der Waals surface area contributed by atoms with E-state index in [4.69, 9.17) is 14.8 Å². The third-order valence-electron chi connectivity index (χ3n) is 5.17. The lowest BCUT2D eigenvalue weighted by Gasteiger charge is -2.34. The Morgan fingerprint density at radius 2 is 1.86 bits per heavy atom. The lowest BCUT2D eigenvalue weighted by Crippen LogP contribution is -2.49. The highest BCUT2D eigenvalue weighted by atomic mass is 16.5. The molecule has 0 aliphatic carbocycles. The molecule has 1 saturated heterocycles. The normalized spacial score (nSPS) is 16.8. The van der Waals surface area contributed by atoms with Crippen molar-refractivity contribution in [3.05, 3.63) is 60.4 Å². The average Bonchev–Trinajstić information content (AvgIpc) is 3.11. The predicted octanol–water partition coefficient (Wildman–Crippen LogP) is 2.66. The number of aryl methyl sites for hydroxylation is 1. The van der Waals surface area contributed by atoms with Crippen molar-refractivity contribution in [1.29, 1.82) is 0 Å². The van der Waals surface area contributed by atoms with Gasteiger partial charge in [0.1, 0.15) is 5.82 Å². The smallest absolute Gasteiger partial charge is 0.305 e. The maximum atomic E-state index is 12.9. The number of para-hydroxylation sites is 3. The standard InChI is InChI=1S/C22H23N3O4/c26-21(24-12-13-29-15-17(24)14-22(27)28)11-10-20-23-18-8-4-5-9-19(18)25(20)16-6-2-1-3-7-16/h1-9,17H,10-15H2,(H,27,28). The summed E-state index contributed by atoms with van der Waals surface area (Å²) in [7, 11) is 0. The van der Waals surface area contributed by atoms with E-state index >= 15 is 0 Å². The lowest BCUT2D eigenvalue weighted by molar-refractivity contribution is -0.146. The minimum absolute atomic E-state index is 0.0637. The van der Waals surface area contributed by atoms with Crippen LogP contribution in [-0.2, 0) is 20.7 Å². The molecule has 1 N–H and O–H groups in total. The number of morpholine rings is 1. The van der Waals surface area contributed by atoms with Gasteiger partial charge < -0.3 is 14.7 Å². The van der Waals surface area contributed by atoms with Crippen LogP contribution in [0.2, 0.25) is 0 Å². The first-order valence-corrected chi connectivity index (χ1v) is 9.74. The van der Waals surface area contributed by atoms with Crippen molar-refractivity contribution in [2.24, 2.45) is 0 Å². The molecule has 2 aromatic carbocycles. The summed E-state index contributed by atoms with van der Waals surface area (Å²) in [5.41, 5.74) is 2.88. The van der Waals surface area contributed by atoms with E-state index in [1.807, 2.05) is 54.6 Å². The number of imidazole rings is 1. The third kappa shape index (κ3) is 4.14. The molecule has 7 heteroatoms. The Kier molecular flexibility index (Phi) is 5.57. The number of rotatable bonds is 6. The van der Waals surface area contributed by atoms with Crippen molar-refractivity contribution in [2.75, 3.05) is 19.8 Å². The molecule has 2 heterocycles. The van der Waals surface area contributed by atoms with Crippen LogP contribution in [0.3, 0.4) is 0 Å². The summed E-state index contributed by atoms with van der Waals surface area (Å²) in [5.74, 6) is -0.177. The Morgan fingerprint density at radius 3 is 2.66 bits per heavy atom. The van der Waals surface area contributed by atoms with Gasteiger partial charge in [0.15, 0.2) is 0 Å². The first-order valence-electron chi connectivity index (χ1n) is 9.74. The fraction of sp³-hybridized carbons (Fsp3) is 0.318. The number of aliphatic carboxylic acids is 1. The molecule has 1 fully saturated rings. The van der Waals surface area contributed by atoms with Crippen molar-refractivity contribution in [3.63, 3.8) is 0 Å². The first-order chi connectivity index (χ1) is 14.1. The number of carbonyl (C=O) groups excluding carboxylic acids is 1. The molecular weight excluding hydrogens is 370 g/mol. The number of carboxylic acids is 1. The molecule has 0 saturated carbocycles. The number of carbonyl (C=O) groups is 2. The molecular formula is C22H23N3O4. The summed E-state index contributed by atoms with van der Waals surface area (Å²) in [4.78, 5) is 30.4. The van der Waals surface area contributed by atoms with Gasteiger partial charge in [0.25, 0.3) is 0 Å². The molecule has 4 rings (SSSR count). The number of hydrogen-bond acceptors (Lipinski definition) is 4. The van der Waals surface area contributed by atoms with Crippen molar-refractivity contribution in [3.8, 4) is 5.69 Å². The van der Waals surface area contributed by atoms with Crippen LogP contribution in [-0.4, -0.2) is 57.2 Å². The van der Waals surface area contributed by atoms with E-state index in [2.05, 4.69) is 4.57 Å². The van der Waals surface area contributed by atoms with Crippen LogP contribution in [0, 0.1) is 0 Å². The third-order valence-corrected chi connectivity index (χ3v) is 5.17. The molecule has 150 valence electrons. The zero-order valence-corrected chi connectivity index (χ0v) is 16.0. The van der Waals surface area contributed by atoms with E-state index in [1.165, 1.54) is 0 Å². The quantitative estimate of drug-likeness (QED) is 0.696. The monoisotopic (exact) mass is 393 g/mol. The van der Waals surface area contributed by atoms with Crippen molar-refractivity contribution >= 4 is 22.9 Å². The van der Waals surface area contributed by atoms with Gasteiger partial charge in [-0.25, -0.2) is 4.98 Å². The van der Waals surface area contributed by atoms with Gasteiger partial charge in [-0.1, -0.05) is 30.3 Å². The summed E-state index contributed by atoms with van der Waals surface area (Å²) >= 11 is 0. The Balaban J connectivity index is 1.57. The van der Waals surface area contributed by atoms with E-state index in [9.17, 15) is 9.59 Å². The second-order valence-electron chi connectivity index (χ2n) is 7.10. The lowest BCUT2D eigenvalue weighted by atomic mass is 10.1. The number of aromatic nitrogens is 2. The van der Waals surface area contributed by atoms with Crippen LogP contribution < -0.4 is 0 Å². The van der Waals surface area contributed by atoms with E-state index in [1.54, 1.807) is 4.90 Å². The van der Waals surface area contributed by atoms with Gasteiger partial charge in [0, 0.05) is 25.1 Å². The number of benzene rings is 2. The van der Waals surface area contributed by atoms with E-state index in [0.717, 1.165) is 22.5 Å². The summed E-state index contributed by atoms with van der Waals surface area (Å²) in [6.07, 6.45) is 0.639. The van der Waals surface area contributed by atoms with Gasteiger partial charge in [-0.3, -0.25) is 14.2 Å². The van der Waals surface area contributed by atoms with Crippen LogP contribution >= 0.6 is 0 Å². The largest absolute Gasteiger partial charge is 0.481 e. The Labute approximate surface area is 168 Å². The average molecular weight is 393 g/mol. The zero-order chi connectivity index (χ0) is 20.2. The number of nitrogens with zero attached hydrogens (tertiary/aromatic N) is 3. The predicted molar refractivity (Wildman–Crippen MR) is 108 cm³/mol. The van der Waals surface area contributed by atoms with Gasteiger partial charge in [-0.15, -0.1) is 0 Å². The molecule has 0 radical (unpaired) electrons. The van der Waals surface area contributed by atoms with Crippen LogP contribution in [0.5, 0.6) is 0 Å². The summed E-state index contributed by atoms with van der Waals surface area (Å²) in [6, 6.07) is 17.4. The number of ether oxygens (including phenoxy) is 1. The van der Waals surface area contributed by atoms with E-state index in [-0.39, 0.29) is 25.4 Å². The fourth-order valence-corrected chi connectivity index (χ4v) is 3.82. The minimum atomic E-state index is -0.927. The minimum Gasteiger partial charge on any atom is -0.481 e. The molecule has 1 aromatic heterocycles. The van der Waals surface area contributed by atoms with E-state index < -0.39 is 12.0 Å². The molecule has 1 aliphatic heterocycles. The molecule has 3 aromatic rings. The number of carboxylic acid groups (broad SMARTS) is 1. The van der Waals surface area contributed by atoms with Crippen LogP contribution in [0.4, 0.5) is 0 Å². The highest BCUT2D eigenvalue weighted by Gasteiger charge is 2.29. The van der Waals surface area contributed by atoms with Gasteiger partial charge in [-0.05, 0) is 24.3 Å². The molecule has 1 amide bonds. The van der Waals surface area contributed by atoms with Crippen LogP contribution in [0.1, 0.15) is 18.7 Å². The second-order valence-corrected chi connectivity index (χ2v) is 7.10. The highest BCUT2D eigenvalue weighted by Crippen LogP contribution is 2.23. The Morgan fingerprint density at radius 1 is 1.10 bits per heavy atom. The first kappa shape index (κ1) is 19.1. The fourth-order valence-electron chi connectivity index (χ4n) is 3.82. The van der Waals surface area contributed by atoms with E-state index in [0.29, 0.717) is 19.6 Å². The maximum absolute atomic E-state index is 12.9. The Bertz CT molecular complexity index is 1020. The summed E-state index contributed by atoms with van der Waals surface area (Å²) < 4.78 is 7.45. The highest BCUT2D eigenvalue weighted by molar-refractivity contribution is 5.80. The van der Waals surface area contributed by atoms with Gasteiger partial charge in [0.05, 0.1) is 36.7 Å². The molecule has 0 spiro atoms. The molecule has 0 bridgehead atoms. The molecule has 1 atom stereocenters. The molecule has 7 nitrogen and oxygen atoms in total. The van der Waals surface area contributed by atoms with Gasteiger partial charge >= 0.3 is 5.97 Å².